The number of hydrogen-bond acceptors (Lipinski definition) is 4. The van der Waals surface area contributed by atoms with Crippen LogP contribution in [0.4, 0.5) is 5.13 Å². The Labute approximate surface area is 96.5 Å². The molecule has 3 nitrogen and oxygen atoms in total. The summed E-state index contributed by atoms with van der Waals surface area (Å²) in [5.74, 6) is 0. The zero-order valence-electron chi connectivity index (χ0n) is 10.1. The summed E-state index contributed by atoms with van der Waals surface area (Å²) >= 11 is 1.78. The van der Waals surface area contributed by atoms with Gasteiger partial charge in [0, 0.05) is 30.7 Å². The fourth-order valence-corrected chi connectivity index (χ4v) is 2.42. The Morgan fingerprint density at radius 1 is 1.53 bits per heavy atom. The Balaban J connectivity index is 2.62. The first-order valence-electron chi connectivity index (χ1n) is 5.59. The molecule has 0 aromatic carbocycles. The highest BCUT2D eigenvalue weighted by Crippen LogP contribution is 2.26. The third-order valence-corrected chi connectivity index (χ3v) is 3.63. The minimum atomic E-state index is 0.413. The Bertz CT molecular complexity index is 259. The first-order valence-corrected chi connectivity index (χ1v) is 6.40. The van der Waals surface area contributed by atoms with Crippen LogP contribution in [0.15, 0.2) is 6.20 Å². The molecule has 1 N–H and O–H groups in total. The quantitative estimate of drug-likeness (QED) is 0.810. The van der Waals surface area contributed by atoms with E-state index >= 15 is 0 Å². The summed E-state index contributed by atoms with van der Waals surface area (Å²) in [7, 11) is 2.10. The highest BCUT2D eigenvalue weighted by molar-refractivity contribution is 7.15. The van der Waals surface area contributed by atoms with Crippen LogP contribution in [0.5, 0.6) is 0 Å². The number of nitrogens with zero attached hydrogens (tertiary/aromatic N) is 2. The normalized spacial score (nSPS) is 12.8. The Hall–Kier alpha value is -0.610. The molecule has 0 spiro atoms. The predicted molar refractivity (Wildman–Crippen MR) is 67.8 cm³/mol. The van der Waals surface area contributed by atoms with Gasteiger partial charge >= 0.3 is 0 Å². The number of hydrogen-bond donors (Lipinski definition) is 1. The second-order valence-electron chi connectivity index (χ2n) is 3.75. The maximum atomic E-state index is 4.44. The summed E-state index contributed by atoms with van der Waals surface area (Å²) in [6, 6.07) is 0.413. The van der Waals surface area contributed by atoms with Gasteiger partial charge in [0.15, 0.2) is 5.13 Å². The van der Waals surface area contributed by atoms with Gasteiger partial charge in [-0.25, -0.2) is 4.98 Å². The summed E-state index contributed by atoms with van der Waals surface area (Å²) < 4.78 is 0. The van der Waals surface area contributed by atoms with Crippen LogP contribution in [0.2, 0.25) is 0 Å². The van der Waals surface area contributed by atoms with Crippen molar-refractivity contribution >= 4 is 16.5 Å². The first kappa shape index (κ1) is 12.5. The lowest BCUT2D eigenvalue weighted by atomic mass is 10.3. The van der Waals surface area contributed by atoms with E-state index in [-0.39, 0.29) is 0 Å². The third-order valence-electron chi connectivity index (χ3n) is 2.33. The smallest absolute Gasteiger partial charge is 0.185 e. The summed E-state index contributed by atoms with van der Waals surface area (Å²) in [5, 5.41) is 4.52. The standard InChI is InChI=1S/C11H21N3S/c1-5-7-14(4)11-13-8-10(15-11)9(3)12-6-2/h8-9,12H,5-7H2,1-4H3. The Morgan fingerprint density at radius 2 is 2.27 bits per heavy atom. The van der Waals surface area contributed by atoms with Gasteiger partial charge in [-0.15, -0.1) is 11.3 Å². The van der Waals surface area contributed by atoms with Crippen molar-refractivity contribution in [3.63, 3.8) is 0 Å². The maximum Gasteiger partial charge on any atom is 0.185 e. The number of thiazole rings is 1. The van der Waals surface area contributed by atoms with Crippen LogP contribution in [0, 0.1) is 0 Å². The molecule has 0 amide bonds. The lowest BCUT2D eigenvalue weighted by Gasteiger charge is -2.14. The predicted octanol–water partition coefficient (Wildman–Crippen LogP) is 2.66. The van der Waals surface area contributed by atoms with E-state index in [4.69, 9.17) is 0 Å². The van der Waals surface area contributed by atoms with E-state index in [9.17, 15) is 0 Å². The summed E-state index contributed by atoms with van der Waals surface area (Å²) in [4.78, 5) is 7.97. The van der Waals surface area contributed by atoms with Crippen LogP contribution < -0.4 is 10.2 Å². The average Bonchev–Trinajstić information content (AvgIpc) is 2.67. The third kappa shape index (κ3) is 3.47. The van der Waals surface area contributed by atoms with Crippen molar-refractivity contribution in [1.29, 1.82) is 0 Å². The van der Waals surface area contributed by atoms with E-state index in [0.29, 0.717) is 6.04 Å². The van der Waals surface area contributed by atoms with Gasteiger partial charge in [-0.05, 0) is 19.9 Å². The monoisotopic (exact) mass is 227 g/mol. The molecule has 0 fully saturated rings. The van der Waals surface area contributed by atoms with Gasteiger partial charge in [-0.1, -0.05) is 13.8 Å². The number of nitrogens with one attached hydrogen (secondary N) is 1. The van der Waals surface area contributed by atoms with Gasteiger partial charge in [0.2, 0.25) is 0 Å². The molecule has 1 aromatic heterocycles. The summed E-state index contributed by atoms with van der Waals surface area (Å²) in [5.41, 5.74) is 0. The van der Waals surface area contributed by atoms with Crippen molar-refractivity contribution in [2.75, 3.05) is 25.0 Å². The SMILES string of the molecule is CCCN(C)c1ncc(C(C)NCC)s1. The molecule has 4 heteroatoms. The topological polar surface area (TPSA) is 28.2 Å². The molecule has 1 aromatic rings. The van der Waals surface area contributed by atoms with Crippen molar-refractivity contribution in [2.24, 2.45) is 0 Å². The van der Waals surface area contributed by atoms with E-state index in [2.05, 4.69) is 43.0 Å². The molecule has 0 aliphatic heterocycles. The second-order valence-corrected chi connectivity index (χ2v) is 4.79. The van der Waals surface area contributed by atoms with Crippen LogP contribution in [0.3, 0.4) is 0 Å². The molecule has 1 heterocycles. The molecule has 0 radical (unpaired) electrons. The second kappa shape index (κ2) is 6.08. The van der Waals surface area contributed by atoms with Crippen molar-refractivity contribution in [2.45, 2.75) is 33.2 Å². The van der Waals surface area contributed by atoms with Gasteiger partial charge < -0.3 is 10.2 Å². The van der Waals surface area contributed by atoms with E-state index < -0.39 is 0 Å². The van der Waals surface area contributed by atoms with Crippen LogP contribution >= 0.6 is 11.3 Å². The number of rotatable bonds is 6. The van der Waals surface area contributed by atoms with Crippen LogP contribution in [-0.2, 0) is 0 Å². The average molecular weight is 227 g/mol. The van der Waals surface area contributed by atoms with Crippen molar-refractivity contribution in [3.8, 4) is 0 Å². The largest absolute Gasteiger partial charge is 0.351 e. The molecule has 0 aliphatic carbocycles. The highest BCUT2D eigenvalue weighted by Gasteiger charge is 2.10. The van der Waals surface area contributed by atoms with Crippen molar-refractivity contribution < 1.29 is 0 Å². The van der Waals surface area contributed by atoms with E-state index in [1.807, 2.05) is 6.20 Å². The maximum absolute atomic E-state index is 4.44. The minimum absolute atomic E-state index is 0.413. The zero-order chi connectivity index (χ0) is 11.3. The molecule has 1 unspecified atom stereocenters. The molecular weight excluding hydrogens is 206 g/mol. The number of anilines is 1. The molecule has 15 heavy (non-hydrogen) atoms. The van der Waals surface area contributed by atoms with Crippen molar-refractivity contribution in [3.05, 3.63) is 11.1 Å². The Kier molecular flexibility index (Phi) is 5.05. The van der Waals surface area contributed by atoms with Crippen LogP contribution in [0.25, 0.3) is 0 Å². The fourth-order valence-electron chi connectivity index (χ4n) is 1.49. The fraction of sp³-hybridized carbons (Fsp3) is 0.727. The molecule has 0 bridgehead atoms. The lowest BCUT2D eigenvalue weighted by Crippen LogP contribution is -2.17. The van der Waals surface area contributed by atoms with Gasteiger partial charge in [0.25, 0.3) is 0 Å². The zero-order valence-corrected chi connectivity index (χ0v) is 10.9. The molecule has 0 saturated heterocycles. The molecule has 1 atom stereocenters. The molecule has 1 rings (SSSR count). The number of aromatic nitrogens is 1. The lowest BCUT2D eigenvalue weighted by molar-refractivity contribution is 0.606. The molecule has 0 saturated carbocycles. The van der Waals surface area contributed by atoms with Gasteiger partial charge in [0.05, 0.1) is 0 Å². The molecule has 0 aliphatic rings. The first-order chi connectivity index (χ1) is 7.19. The summed E-state index contributed by atoms with van der Waals surface area (Å²) in [6.45, 7) is 8.57. The van der Waals surface area contributed by atoms with Crippen LogP contribution in [-0.4, -0.2) is 25.1 Å². The Morgan fingerprint density at radius 3 is 2.87 bits per heavy atom. The van der Waals surface area contributed by atoms with Gasteiger partial charge in [-0.3, -0.25) is 0 Å². The van der Waals surface area contributed by atoms with E-state index in [0.717, 1.165) is 24.6 Å². The summed E-state index contributed by atoms with van der Waals surface area (Å²) in [6.07, 6.45) is 3.15. The van der Waals surface area contributed by atoms with Gasteiger partial charge in [-0.2, -0.15) is 0 Å². The minimum Gasteiger partial charge on any atom is -0.351 e. The van der Waals surface area contributed by atoms with E-state index in [1.165, 1.54) is 4.88 Å². The van der Waals surface area contributed by atoms with Gasteiger partial charge in [0.1, 0.15) is 0 Å². The highest BCUT2D eigenvalue weighted by atomic mass is 32.1. The molecule has 86 valence electrons. The van der Waals surface area contributed by atoms with Crippen LogP contribution in [0.1, 0.15) is 38.1 Å². The van der Waals surface area contributed by atoms with Crippen molar-refractivity contribution in [1.82, 2.24) is 10.3 Å². The molecular formula is C11H21N3S. The van der Waals surface area contributed by atoms with E-state index in [1.54, 1.807) is 11.3 Å².